The minimum Gasteiger partial charge on any atom is -0.481 e. The number of carboxylic acids is 1. The normalized spacial score (nSPS) is 12.9. The molecule has 0 fully saturated rings. The van der Waals surface area contributed by atoms with Crippen LogP contribution in [0.1, 0.15) is 42.1 Å². The lowest BCUT2D eigenvalue weighted by molar-refractivity contribution is -0.138. The molecule has 0 aliphatic rings. The number of halogens is 2. The van der Waals surface area contributed by atoms with Gasteiger partial charge >= 0.3 is 5.97 Å². The summed E-state index contributed by atoms with van der Waals surface area (Å²) in [4.78, 5) is 14.2. The van der Waals surface area contributed by atoms with Crippen molar-refractivity contribution in [2.75, 3.05) is 0 Å². The van der Waals surface area contributed by atoms with Crippen LogP contribution in [0, 0.1) is 11.6 Å². The summed E-state index contributed by atoms with van der Waals surface area (Å²) in [5.41, 5.74) is 3.04. The Morgan fingerprint density at radius 2 is 1.37 bits per heavy atom. The highest BCUT2D eigenvalue weighted by Gasteiger charge is 2.29. The number of carbonyl (C=O) groups is 1. The van der Waals surface area contributed by atoms with E-state index < -0.39 is 23.6 Å². The quantitative estimate of drug-likeness (QED) is 0.276. The zero-order valence-corrected chi connectivity index (χ0v) is 19.4. The van der Waals surface area contributed by atoms with E-state index >= 15 is 0 Å². The molecule has 35 heavy (non-hydrogen) atoms. The Labute approximate surface area is 204 Å². The maximum Gasteiger partial charge on any atom is 0.305 e. The molecule has 0 saturated carbocycles. The van der Waals surface area contributed by atoms with Crippen molar-refractivity contribution in [2.45, 2.75) is 32.0 Å². The Hall–Kier alpha value is -3.83. The first-order valence-electron chi connectivity index (χ1n) is 11.5. The molecule has 178 valence electrons. The zero-order chi connectivity index (χ0) is 24.8. The molecule has 3 nitrogen and oxygen atoms in total. The van der Waals surface area contributed by atoms with Gasteiger partial charge in [0.15, 0.2) is 0 Å². The summed E-state index contributed by atoms with van der Waals surface area (Å²) in [5.74, 6) is -2.26. The minimum absolute atomic E-state index is 0.116. The molecule has 4 rings (SSSR count). The predicted molar refractivity (Wildman–Crippen MR) is 134 cm³/mol. The summed E-state index contributed by atoms with van der Waals surface area (Å²) in [6, 6.07) is 29.8. The lowest BCUT2D eigenvalue weighted by Gasteiger charge is -2.37. The highest BCUT2D eigenvalue weighted by atomic mass is 19.1. The molecule has 0 saturated heterocycles. The van der Waals surface area contributed by atoms with E-state index in [1.807, 2.05) is 73.7 Å². The first-order chi connectivity index (χ1) is 16.9. The molecule has 2 unspecified atom stereocenters. The summed E-state index contributed by atoms with van der Waals surface area (Å²) in [6.07, 6.45) is -0.160. The number of rotatable bonds is 9. The molecule has 0 spiro atoms. The summed E-state index contributed by atoms with van der Waals surface area (Å²) in [7, 11) is 0. The average Bonchev–Trinajstić information content (AvgIpc) is 2.87. The second-order valence-corrected chi connectivity index (χ2v) is 8.58. The van der Waals surface area contributed by atoms with Crippen molar-refractivity contribution in [3.8, 4) is 11.1 Å². The molecule has 2 atom stereocenters. The average molecular weight is 472 g/mol. The highest BCUT2D eigenvalue weighted by molar-refractivity contribution is 5.69. The van der Waals surface area contributed by atoms with Crippen LogP contribution in [0.15, 0.2) is 103 Å². The molecule has 5 heteroatoms. The van der Waals surface area contributed by atoms with Gasteiger partial charge in [0.2, 0.25) is 0 Å². The Kier molecular flexibility index (Phi) is 7.68. The molecule has 0 aliphatic carbocycles. The fourth-order valence-corrected chi connectivity index (χ4v) is 4.50. The molecule has 0 aliphatic heterocycles. The van der Waals surface area contributed by atoms with Crippen molar-refractivity contribution in [3.63, 3.8) is 0 Å². The van der Waals surface area contributed by atoms with E-state index in [9.17, 15) is 18.7 Å². The maximum atomic E-state index is 14.5. The van der Waals surface area contributed by atoms with Gasteiger partial charge in [-0.05, 0) is 47.4 Å². The van der Waals surface area contributed by atoms with Crippen LogP contribution in [0.25, 0.3) is 11.1 Å². The van der Waals surface area contributed by atoms with Gasteiger partial charge in [-0.3, -0.25) is 9.69 Å². The number of hydrogen-bond donors (Lipinski definition) is 1. The highest BCUT2D eigenvalue weighted by Crippen LogP contribution is 2.37. The molecular weight excluding hydrogens is 444 g/mol. The molecular formula is C30H27F2NO2. The first-order valence-corrected chi connectivity index (χ1v) is 11.5. The summed E-state index contributed by atoms with van der Waals surface area (Å²) < 4.78 is 29.1. The largest absolute Gasteiger partial charge is 0.481 e. The van der Waals surface area contributed by atoms with Crippen LogP contribution in [0.4, 0.5) is 8.78 Å². The fourth-order valence-electron chi connectivity index (χ4n) is 4.50. The number of carboxylic acid groups (broad SMARTS) is 1. The van der Waals surface area contributed by atoms with Crippen molar-refractivity contribution in [2.24, 2.45) is 0 Å². The summed E-state index contributed by atoms with van der Waals surface area (Å²) >= 11 is 0. The fraction of sp³-hybridized carbons (Fsp3) is 0.167. The third-order valence-corrected chi connectivity index (χ3v) is 6.28. The molecule has 0 bridgehead atoms. The molecule has 1 N–H and O–H groups in total. The van der Waals surface area contributed by atoms with Crippen LogP contribution in [0.3, 0.4) is 0 Å². The van der Waals surface area contributed by atoms with E-state index in [4.69, 9.17) is 0 Å². The van der Waals surface area contributed by atoms with E-state index in [0.29, 0.717) is 17.7 Å². The van der Waals surface area contributed by atoms with Gasteiger partial charge in [-0.25, -0.2) is 8.78 Å². The topological polar surface area (TPSA) is 40.5 Å². The third-order valence-electron chi connectivity index (χ3n) is 6.28. The molecule has 4 aromatic carbocycles. The van der Waals surface area contributed by atoms with Crippen molar-refractivity contribution in [1.29, 1.82) is 0 Å². The van der Waals surface area contributed by atoms with Crippen molar-refractivity contribution in [1.82, 2.24) is 4.90 Å². The Bertz CT molecular complexity index is 1260. The third kappa shape index (κ3) is 5.81. The van der Waals surface area contributed by atoms with Crippen LogP contribution in [0.2, 0.25) is 0 Å². The Morgan fingerprint density at radius 3 is 2.00 bits per heavy atom. The van der Waals surface area contributed by atoms with E-state index in [0.717, 1.165) is 11.1 Å². The number of benzene rings is 4. The van der Waals surface area contributed by atoms with Gasteiger partial charge in [0.25, 0.3) is 0 Å². The van der Waals surface area contributed by atoms with E-state index in [2.05, 4.69) is 4.90 Å². The van der Waals surface area contributed by atoms with Crippen molar-refractivity contribution in [3.05, 3.63) is 131 Å². The second kappa shape index (κ2) is 11.1. The molecule has 0 amide bonds. The van der Waals surface area contributed by atoms with Gasteiger partial charge in [-0.1, -0.05) is 84.9 Å². The van der Waals surface area contributed by atoms with Gasteiger partial charge < -0.3 is 5.11 Å². The van der Waals surface area contributed by atoms with Crippen molar-refractivity contribution < 1.29 is 18.7 Å². The summed E-state index contributed by atoms with van der Waals surface area (Å²) in [5, 5.41) is 9.84. The van der Waals surface area contributed by atoms with Crippen LogP contribution < -0.4 is 0 Å². The smallest absolute Gasteiger partial charge is 0.305 e. The van der Waals surface area contributed by atoms with Gasteiger partial charge in [0.1, 0.15) is 11.6 Å². The lowest BCUT2D eigenvalue weighted by Crippen LogP contribution is -2.32. The lowest BCUT2D eigenvalue weighted by atomic mass is 9.93. The molecule has 0 aromatic heterocycles. The van der Waals surface area contributed by atoms with Crippen molar-refractivity contribution >= 4 is 5.97 Å². The van der Waals surface area contributed by atoms with Crippen LogP contribution in [-0.4, -0.2) is 16.0 Å². The standard InChI is InChI=1S/C30H27F2NO2/c1-21(23-12-6-3-7-13-23)33(20-22-10-4-2-5-11-22)28(19-29(34)35)24-14-8-15-25(18-24)30-26(31)16-9-17-27(30)32/h2-18,21,28H,19-20H2,1H3,(H,34,35). The number of nitrogens with zero attached hydrogens (tertiary/aromatic N) is 1. The van der Waals surface area contributed by atoms with Gasteiger partial charge in [0.05, 0.1) is 12.0 Å². The van der Waals surface area contributed by atoms with E-state index in [1.165, 1.54) is 18.2 Å². The molecule has 4 aromatic rings. The second-order valence-electron chi connectivity index (χ2n) is 8.58. The van der Waals surface area contributed by atoms with Crippen LogP contribution in [0.5, 0.6) is 0 Å². The zero-order valence-electron chi connectivity index (χ0n) is 19.4. The summed E-state index contributed by atoms with van der Waals surface area (Å²) in [6.45, 7) is 2.56. The van der Waals surface area contributed by atoms with Gasteiger partial charge in [-0.15, -0.1) is 0 Å². The Morgan fingerprint density at radius 1 is 0.800 bits per heavy atom. The van der Waals surface area contributed by atoms with E-state index in [1.54, 1.807) is 18.2 Å². The van der Waals surface area contributed by atoms with Crippen LogP contribution >= 0.6 is 0 Å². The maximum absolute atomic E-state index is 14.5. The Balaban J connectivity index is 1.81. The molecule has 0 heterocycles. The predicted octanol–water partition coefficient (Wildman–Crippen LogP) is 7.41. The molecule has 0 radical (unpaired) electrons. The van der Waals surface area contributed by atoms with Gasteiger partial charge in [-0.2, -0.15) is 0 Å². The monoisotopic (exact) mass is 471 g/mol. The number of hydrogen-bond acceptors (Lipinski definition) is 2. The van der Waals surface area contributed by atoms with Gasteiger partial charge in [0, 0.05) is 18.6 Å². The van der Waals surface area contributed by atoms with E-state index in [-0.39, 0.29) is 18.0 Å². The minimum atomic E-state index is -0.948. The number of aliphatic carboxylic acids is 1. The SMILES string of the molecule is CC(c1ccccc1)N(Cc1ccccc1)C(CC(=O)O)c1cccc(-c2c(F)cccc2F)c1. The van der Waals surface area contributed by atoms with Crippen LogP contribution in [-0.2, 0) is 11.3 Å². The first kappa shape index (κ1) is 24.3.